The molecule has 0 aliphatic heterocycles. The number of nitrogens with one attached hydrogen (secondary N) is 4. The van der Waals surface area contributed by atoms with Crippen LogP contribution in [0.4, 0.5) is 58.3 Å². The van der Waals surface area contributed by atoms with Gasteiger partial charge in [-0.2, -0.15) is 40.2 Å². The van der Waals surface area contributed by atoms with Gasteiger partial charge in [0, 0.05) is 27.4 Å². The van der Waals surface area contributed by atoms with Gasteiger partial charge in [-0.25, -0.2) is 32.9 Å². The molecular formula is C38H41ClF10IN7O9. The van der Waals surface area contributed by atoms with E-state index in [0.29, 0.717) is 48.4 Å². The molecule has 2 aromatic carbocycles. The summed E-state index contributed by atoms with van der Waals surface area (Å²) in [5.41, 5.74) is -5.83. The maximum atomic E-state index is 16.0. The van der Waals surface area contributed by atoms with Gasteiger partial charge < -0.3 is 35.3 Å². The third-order valence-electron chi connectivity index (χ3n) is 9.97. The predicted molar refractivity (Wildman–Crippen MR) is 218 cm³/mol. The Balaban J connectivity index is 2.31. The van der Waals surface area contributed by atoms with Crippen molar-refractivity contribution in [2.75, 3.05) is 19.7 Å². The fourth-order valence-electron chi connectivity index (χ4n) is 5.92. The van der Waals surface area contributed by atoms with Gasteiger partial charge in [0.15, 0.2) is 6.07 Å². The van der Waals surface area contributed by atoms with Crippen LogP contribution in [0.1, 0.15) is 45.4 Å². The number of alkyl halides is 9. The maximum Gasteiger partial charge on any atom is 0.509 e. The van der Waals surface area contributed by atoms with Gasteiger partial charge in [0.25, 0.3) is 5.91 Å². The molecule has 0 radical (unpaired) electrons. The number of hydrogen-bond donors (Lipinski definition) is 5. The Morgan fingerprint density at radius 2 is 1.41 bits per heavy atom. The highest BCUT2D eigenvalue weighted by atomic mass is 127. The number of halogens is 12. The lowest BCUT2D eigenvalue weighted by Gasteiger charge is -2.38. The van der Waals surface area contributed by atoms with E-state index in [1.54, 1.807) is 5.32 Å². The number of methoxy groups -OCH3 is 1. The molecule has 366 valence electrons. The average Bonchev–Trinajstić information content (AvgIpc) is 3.70. The summed E-state index contributed by atoms with van der Waals surface area (Å²) in [6.45, 7) is -3.59. The first-order chi connectivity index (χ1) is 30.4. The van der Waals surface area contributed by atoms with Crippen LogP contribution in [0.25, 0.3) is 11.3 Å². The van der Waals surface area contributed by atoms with Crippen molar-refractivity contribution in [1.82, 2.24) is 36.2 Å². The zero-order valence-electron chi connectivity index (χ0n) is 34.9. The topological polar surface area (TPSA) is 202 Å². The number of hydrazine groups is 1. The standard InChI is InChI=1S/C38H41ClF10IN7O9/c1-35(2,37(44,45)46)27(52-32(60)61)29(58)51-25(12-18-6-8-20(50)9-7-18)26(66-34(63)65-17-39)16-56(55-30(59)28(53-33(62)64-5)36(3,4)38(47,48)49)15-21-22(40)13-19(14-23(21)41)24-10-11-57(54-24)31(42)43/h6-11,13-14,25-28,31,52H,12,15-17H2,1-5H3,(H,51,58)(H,53,62)(H,55,59)(H,60,61)/t25-,26-,27+,28+/m0/s1. The smallest absolute Gasteiger partial charge is 0.465 e. The summed E-state index contributed by atoms with van der Waals surface area (Å²) in [7, 11) is 0.751. The van der Waals surface area contributed by atoms with Crippen molar-refractivity contribution in [1.29, 1.82) is 0 Å². The number of aromatic nitrogens is 2. The van der Waals surface area contributed by atoms with Crippen LogP contribution < -0.4 is 21.4 Å². The second-order valence-electron chi connectivity index (χ2n) is 15.2. The molecule has 0 saturated heterocycles. The van der Waals surface area contributed by atoms with Gasteiger partial charge >= 0.3 is 37.2 Å². The Kier molecular flexibility index (Phi) is 18.7. The summed E-state index contributed by atoms with van der Waals surface area (Å²) in [4.78, 5) is 64.8. The minimum absolute atomic E-state index is 0.169. The number of carboxylic acid groups (broad SMARTS) is 1. The first kappa shape index (κ1) is 55.0. The summed E-state index contributed by atoms with van der Waals surface area (Å²) in [5.74, 6) is -6.39. The summed E-state index contributed by atoms with van der Waals surface area (Å²) < 4.78 is 160. The highest BCUT2D eigenvalue weighted by molar-refractivity contribution is 14.1. The highest BCUT2D eigenvalue weighted by Crippen LogP contribution is 2.42. The van der Waals surface area contributed by atoms with E-state index in [1.807, 2.05) is 28.0 Å². The molecule has 0 spiro atoms. The van der Waals surface area contributed by atoms with Crippen LogP contribution in [0, 0.1) is 26.0 Å². The lowest BCUT2D eigenvalue weighted by atomic mass is 9.82. The number of hydrogen-bond acceptors (Lipinski definition) is 10. The van der Waals surface area contributed by atoms with Crippen molar-refractivity contribution >= 4 is 64.3 Å². The van der Waals surface area contributed by atoms with Gasteiger partial charge in [-0.05, 0) is 92.6 Å². The molecule has 4 amide bonds. The van der Waals surface area contributed by atoms with Crippen LogP contribution in [0.2, 0.25) is 0 Å². The molecule has 5 N–H and O–H groups in total. The molecule has 0 unspecified atom stereocenters. The molecule has 3 aromatic rings. The van der Waals surface area contributed by atoms with E-state index < -0.39 is 132 Å². The molecule has 28 heteroatoms. The molecule has 16 nitrogen and oxygen atoms in total. The van der Waals surface area contributed by atoms with Gasteiger partial charge in [-0.3, -0.25) is 15.0 Å². The van der Waals surface area contributed by atoms with E-state index in [4.69, 9.17) is 16.3 Å². The van der Waals surface area contributed by atoms with Crippen molar-refractivity contribution in [3.63, 3.8) is 0 Å². The number of alkyl carbamates (subject to hydrolysis) is 1. The van der Waals surface area contributed by atoms with Gasteiger partial charge in [0.2, 0.25) is 5.91 Å². The Morgan fingerprint density at radius 3 is 1.88 bits per heavy atom. The van der Waals surface area contributed by atoms with Crippen LogP contribution in [0.3, 0.4) is 0 Å². The van der Waals surface area contributed by atoms with Crippen LogP contribution in [0.15, 0.2) is 48.7 Å². The van der Waals surface area contributed by atoms with Gasteiger partial charge in [0.1, 0.15) is 29.8 Å². The third kappa shape index (κ3) is 14.3. The van der Waals surface area contributed by atoms with Gasteiger partial charge in [0.05, 0.1) is 36.2 Å². The molecule has 0 aliphatic rings. The Morgan fingerprint density at radius 1 is 0.864 bits per heavy atom. The molecule has 3 rings (SSSR count). The number of benzene rings is 2. The Bertz CT molecular complexity index is 2180. The molecular weight excluding hydrogens is 1050 g/mol. The minimum Gasteiger partial charge on any atom is -0.465 e. The van der Waals surface area contributed by atoms with E-state index in [0.717, 1.165) is 19.4 Å². The lowest BCUT2D eigenvalue weighted by molar-refractivity contribution is -0.221. The summed E-state index contributed by atoms with van der Waals surface area (Å²) in [5, 5.41) is 18.9. The zero-order chi connectivity index (χ0) is 50.1. The van der Waals surface area contributed by atoms with E-state index in [1.165, 1.54) is 29.6 Å². The number of amides is 4. The number of rotatable bonds is 19. The van der Waals surface area contributed by atoms with Crippen molar-refractivity contribution in [3.8, 4) is 11.3 Å². The van der Waals surface area contributed by atoms with Crippen LogP contribution in [-0.4, -0.2) is 106 Å². The van der Waals surface area contributed by atoms with Crippen molar-refractivity contribution in [3.05, 3.63) is 75.0 Å². The first-order valence-electron chi connectivity index (χ1n) is 18.7. The fourth-order valence-corrected chi connectivity index (χ4v) is 6.37. The quantitative estimate of drug-likeness (QED) is 0.0260. The number of ether oxygens (including phenoxy) is 3. The monoisotopic (exact) mass is 1090 g/mol. The summed E-state index contributed by atoms with van der Waals surface area (Å²) >= 11 is 7.45. The van der Waals surface area contributed by atoms with Crippen LogP contribution >= 0.6 is 34.2 Å². The fraction of sp³-hybridized carbons (Fsp3) is 0.474. The van der Waals surface area contributed by atoms with E-state index in [-0.39, 0.29) is 15.9 Å². The van der Waals surface area contributed by atoms with Gasteiger partial charge in [-0.15, -0.1) is 0 Å². The van der Waals surface area contributed by atoms with Crippen molar-refractivity contribution in [2.24, 2.45) is 10.8 Å². The normalized spacial score (nSPS) is 14.2. The molecule has 1 heterocycles. The molecule has 0 bridgehead atoms. The number of carbonyl (C=O) groups is 5. The molecule has 4 atom stereocenters. The largest absolute Gasteiger partial charge is 0.509 e. The summed E-state index contributed by atoms with van der Waals surface area (Å²) in [6.07, 6.45) is -17.7. The van der Waals surface area contributed by atoms with Crippen LogP contribution in [-0.2, 0) is 36.8 Å². The predicted octanol–water partition coefficient (Wildman–Crippen LogP) is 7.64. The van der Waals surface area contributed by atoms with Crippen LogP contribution in [0.5, 0.6) is 0 Å². The van der Waals surface area contributed by atoms with E-state index in [2.05, 4.69) is 19.9 Å². The Labute approximate surface area is 387 Å². The molecule has 0 fully saturated rings. The third-order valence-corrected chi connectivity index (χ3v) is 10.8. The van der Waals surface area contributed by atoms with E-state index in [9.17, 15) is 64.2 Å². The maximum absolute atomic E-state index is 16.0. The molecule has 0 aliphatic carbocycles. The molecule has 1 aromatic heterocycles. The average molecular weight is 1090 g/mol. The first-order valence-corrected chi connectivity index (χ1v) is 20.3. The Hall–Kier alpha value is -5.32. The highest BCUT2D eigenvalue weighted by Gasteiger charge is 2.57. The minimum atomic E-state index is -5.27. The zero-order valence-corrected chi connectivity index (χ0v) is 37.8. The van der Waals surface area contributed by atoms with E-state index >= 15 is 8.78 Å². The molecule has 66 heavy (non-hydrogen) atoms. The number of nitrogens with zero attached hydrogens (tertiary/aromatic N) is 3. The number of carbonyl (C=O) groups excluding carboxylic acids is 4. The second kappa shape index (κ2) is 22.4. The SMILES string of the molecule is COC(=O)N[C@H](C(=O)NN(Cc1c(F)cc(-c2ccn(C(F)F)n2)cc1F)C[C@H](OC(=O)OCCl)[C@H](Cc1ccc(I)cc1)NC(=O)[C@@H](NC(=O)O)C(C)(C)C(F)(F)F)C(C)(C)C(F)(F)F. The molecule has 0 saturated carbocycles. The van der Waals surface area contributed by atoms with Crippen molar-refractivity contribution in [2.45, 2.75) is 83.8 Å². The summed E-state index contributed by atoms with van der Waals surface area (Å²) in [6, 6.07) is 0.169. The second-order valence-corrected chi connectivity index (χ2v) is 16.7. The van der Waals surface area contributed by atoms with Crippen molar-refractivity contribution < 1.29 is 87.2 Å². The van der Waals surface area contributed by atoms with Gasteiger partial charge in [-0.1, -0.05) is 23.7 Å². The lowest BCUT2D eigenvalue weighted by Crippen LogP contribution is -2.64.